The Morgan fingerprint density at radius 1 is 1.04 bits per heavy atom. The largest absolute Gasteiger partial charge is 0.444 e. The Morgan fingerprint density at radius 2 is 1.67 bits per heavy atom. The maximum atomic E-state index is 14.5. The molecule has 0 saturated carbocycles. The summed E-state index contributed by atoms with van der Waals surface area (Å²) in [5.41, 5.74) is 1.40. The van der Waals surface area contributed by atoms with Crippen molar-refractivity contribution in [2.45, 2.75) is 64.9 Å². The van der Waals surface area contributed by atoms with Crippen LogP contribution in [0.5, 0.6) is 0 Å². The van der Waals surface area contributed by atoms with E-state index in [0.717, 1.165) is 27.6 Å². The number of benzene rings is 2. The van der Waals surface area contributed by atoms with Crippen LogP contribution >= 0.6 is 0 Å². The molecule has 2 aromatic carbocycles. The molecule has 0 radical (unpaired) electrons. The standard InChI is InChI=1S/C32H39N5O7S/c1-20-28(34-29(39)21(2)35(6)31(41)44-32(3,4)5)30(40)36(18-22-16-17-33-24-13-9-8-12-23(22)24)25-14-10-11-15-26(25)37(20)27(38)19-45(7,42)43/h8-17,20-21,28H,18-19H2,1-7H3,(H,34,39)/t20-,21?,28-/m0/s1. The maximum absolute atomic E-state index is 14.5. The Bertz CT molecular complexity index is 1730. The average Bonchev–Trinajstić information content (AvgIpc) is 3.03. The van der Waals surface area contributed by atoms with Crippen molar-refractivity contribution in [1.82, 2.24) is 15.2 Å². The SMILES string of the molecule is CC(C(=O)N[C@@H]1C(=O)N(Cc2ccnc3ccccc23)c2ccccc2N(C(=O)CS(C)(=O)=O)[C@H]1C)N(C)C(=O)OC(C)(C)C. The number of likely N-dealkylation sites (N-methyl/N-ethyl adjacent to an activating group) is 1. The molecule has 1 aliphatic heterocycles. The first-order valence-electron chi connectivity index (χ1n) is 14.5. The van der Waals surface area contributed by atoms with E-state index in [-0.39, 0.29) is 6.54 Å². The summed E-state index contributed by atoms with van der Waals surface area (Å²) in [5, 5.41) is 3.58. The molecule has 0 saturated heterocycles. The van der Waals surface area contributed by atoms with E-state index < -0.39 is 63.1 Å². The van der Waals surface area contributed by atoms with Gasteiger partial charge >= 0.3 is 6.09 Å². The number of nitrogens with zero attached hydrogens (tertiary/aromatic N) is 4. The second-order valence-electron chi connectivity index (χ2n) is 12.2. The van der Waals surface area contributed by atoms with Crippen LogP contribution in [0.15, 0.2) is 60.8 Å². The Balaban J connectivity index is 1.79. The Labute approximate surface area is 263 Å². The van der Waals surface area contributed by atoms with Gasteiger partial charge in [0.1, 0.15) is 23.4 Å². The van der Waals surface area contributed by atoms with E-state index in [9.17, 15) is 27.6 Å². The third-order valence-electron chi connectivity index (χ3n) is 7.52. The molecule has 45 heavy (non-hydrogen) atoms. The van der Waals surface area contributed by atoms with Gasteiger partial charge in [0.25, 0.3) is 5.91 Å². The lowest BCUT2D eigenvalue weighted by Crippen LogP contribution is -2.60. The van der Waals surface area contributed by atoms with E-state index in [4.69, 9.17) is 4.74 Å². The summed E-state index contributed by atoms with van der Waals surface area (Å²) in [6.07, 6.45) is 1.87. The third kappa shape index (κ3) is 7.59. The van der Waals surface area contributed by atoms with Gasteiger partial charge in [0.15, 0.2) is 9.84 Å². The first-order chi connectivity index (χ1) is 21.0. The van der Waals surface area contributed by atoms with E-state index in [2.05, 4.69) is 10.3 Å². The zero-order valence-corrected chi connectivity index (χ0v) is 27.3. The summed E-state index contributed by atoms with van der Waals surface area (Å²) in [6, 6.07) is 12.6. The van der Waals surface area contributed by atoms with E-state index in [1.54, 1.807) is 64.2 Å². The highest BCUT2D eigenvalue weighted by atomic mass is 32.2. The number of nitrogens with one attached hydrogen (secondary N) is 1. The Kier molecular flexibility index (Phi) is 9.52. The number of sulfone groups is 1. The van der Waals surface area contributed by atoms with Gasteiger partial charge in [-0.2, -0.15) is 0 Å². The highest BCUT2D eigenvalue weighted by Crippen LogP contribution is 2.37. The van der Waals surface area contributed by atoms with Crippen molar-refractivity contribution in [2.75, 3.05) is 28.9 Å². The number of aromatic nitrogens is 1. The van der Waals surface area contributed by atoms with Gasteiger partial charge in [0.05, 0.1) is 29.5 Å². The smallest absolute Gasteiger partial charge is 0.410 e. The van der Waals surface area contributed by atoms with Crippen LogP contribution in [0, 0.1) is 0 Å². The fourth-order valence-corrected chi connectivity index (χ4v) is 5.75. The number of carbonyl (C=O) groups excluding carboxylic acids is 4. The van der Waals surface area contributed by atoms with Gasteiger partial charge in [0.2, 0.25) is 11.8 Å². The minimum atomic E-state index is -3.74. The second kappa shape index (κ2) is 12.8. The van der Waals surface area contributed by atoms with Gasteiger partial charge < -0.3 is 19.9 Å². The summed E-state index contributed by atoms with van der Waals surface area (Å²) in [6.45, 7) is 8.25. The lowest BCUT2D eigenvalue weighted by Gasteiger charge is -2.34. The molecule has 1 N–H and O–H groups in total. The van der Waals surface area contributed by atoms with Crippen LogP contribution in [0.2, 0.25) is 0 Å². The van der Waals surface area contributed by atoms with Crippen LogP contribution in [0.25, 0.3) is 10.9 Å². The second-order valence-corrected chi connectivity index (χ2v) is 14.4. The van der Waals surface area contributed by atoms with Crippen molar-refractivity contribution >= 4 is 55.9 Å². The van der Waals surface area contributed by atoms with Gasteiger partial charge in [-0.15, -0.1) is 0 Å². The number of carbonyl (C=O) groups is 4. The molecule has 3 aromatic rings. The highest BCUT2D eigenvalue weighted by Gasteiger charge is 2.43. The number of anilines is 2. The highest BCUT2D eigenvalue weighted by molar-refractivity contribution is 7.91. The summed E-state index contributed by atoms with van der Waals surface area (Å²) >= 11 is 0. The van der Waals surface area contributed by atoms with Crippen LogP contribution in [0.3, 0.4) is 0 Å². The topological polar surface area (TPSA) is 146 Å². The number of hydrogen-bond acceptors (Lipinski definition) is 8. The molecule has 0 aliphatic carbocycles. The zero-order valence-electron chi connectivity index (χ0n) is 26.5. The normalized spacial score (nSPS) is 17.7. The number of fused-ring (bicyclic) bond motifs is 2. The molecule has 1 aromatic heterocycles. The van der Waals surface area contributed by atoms with Gasteiger partial charge in [-0.3, -0.25) is 24.3 Å². The van der Waals surface area contributed by atoms with Crippen LogP contribution < -0.4 is 15.1 Å². The number of para-hydroxylation sites is 3. The van der Waals surface area contributed by atoms with Crippen LogP contribution in [0.1, 0.15) is 40.2 Å². The summed E-state index contributed by atoms with van der Waals surface area (Å²) in [5.74, 6) is -2.73. The molecule has 13 heteroatoms. The van der Waals surface area contributed by atoms with E-state index in [1.165, 1.54) is 23.8 Å². The molecule has 4 rings (SSSR count). The predicted molar refractivity (Wildman–Crippen MR) is 171 cm³/mol. The first-order valence-corrected chi connectivity index (χ1v) is 16.5. The van der Waals surface area contributed by atoms with E-state index in [0.29, 0.717) is 11.4 Å². The van der Waals surface area contributed by atoms with Crippen molar-refractivity contribution in [2.24, 2.45) is 0 Å². The van der Waals surface area contributed by atoms with Gasteiger partial charge in [0, 0.05) is 24.9 Å². The van der Waals surface area contributed by atoms with E-state index in [1.807, 2.05) is 24.3 Å². The minimum Gasteiger partial charge on any atom is -0.444 e. The van der Waals surface area contributed by atoms with Crippen molar-refractivity contribution in [3.63, 3.8) is 0 Å². The molecule has 3 atom stereocenters. The molecule has 1 unspecified atom stereocenters. The van der Waals surface area contributed by atoms with Crippen molar-refractivity contribution < 1.29 is 32.3 Å². The van der Waals surface area contributed by atoms with Crippen molar-refractivity contribution in [1.29, 1.82) is 0 Å². The molecular formula is C32H39N5O7S. The van der Waals surface area contributed by atoms with Crippen LogP contribution in [-0.4, -0.2) is 84.9 Å². The Hall–Kier alpha value is -4.52. The fraction of sp³-hybridized carbons (Fsp3) is 0.406. The van der Waals surface area contributed by atoms with Gasteiger partial charge in [-0.05, 0) is 64.4 Å². The zero-order chi connectivity index (χ0) is 33.3. The molecule has 12 nitrogen and oxygen atoms in total. The van der Waals surface area contributed by atoms with Crippen LogP contribution in [-0.2, 0) is 35.5 Å². The number of rotatable bonds is 7. The molecule has 0 spiro atoms. The molecular weight excluding hydrogens is 598 g/mol. The molecule has 1 aliphatic rings. The summed E-state index contributed by atoms with van der Waals surface area (Å²) < 4.78 is 29.8. The number of ether oxygens (including phenoxy) is 1. The van der Waals surface area contributed by atoms with Crippen molar-refractivity contribution in [3.8, 4) is 0 Å². The molecule has 4 amide bonds. The average molecular weight is 638 g/mol. The molecule has 0 bridgehead atoms. The Morgan fingerprint density at radius 3 is 2.31 bits per heavy atom. The first kappa shape index (κ1) is 33.4. The fourth-order valence-electron chi connectivity index (χ4n) is 5.16. The number of hydrogen-bond donors (Lipinski definition) is 1. The summed E-state index contributed by atoms with van der Waals surface area (Å²) in [4.78, 5) is 62.7. The molecule has 0 fully saturated rings. The monoisotopic (exact) mass is 637 g/mol. The third-order valence-corrected chi connectivity index (χ3v) is 8.29. The lowest BCUT2D eigenvalue weighted by atomic mass is 10.1. The number of pyridine rings is 1. The number of amides is 4. The summed E-state index contributed by atoms with van der Waals surface area (Å²) in [7, 11) is -2.33. The minimum absolute atomic E-state index is 0.0689. The van der Waals surface area contributed by atoms with Gasteiger partial charge in [-0.1, -0.05) is 30.3 Å². The molecule has 2 heterocycles. The lowest BCUT2D eigenvalue weighted by molar-refractivity contribution is -0.131. The quantitative estimate of drug-likeness (QED) is 0.415. The van der Waals surface area contributed by atoms with Gasteiger partial charge in [-0.25, -0.2) is 13.2 Å². The molecule has 240 valence electrons. The van der Waals surface area contributed by atoms with E-state index >= 15 is 0 Å². The van der Waals surface area contributed by atoms with Crippen LogP contribution in [0.4, 0.5) is 16.2 Å². The predicted octanol–water partition coefficient (Wildman–Crippen LogP) is 3.29. The maximum Gasteiger partial charge on any atom is 0.410 e. The van der Waals surface area contributed by atoms with Crippen molar-refractivity contribution in [3.05, 3.63) is 66.4 Å².